The van der Waals surface area contributed by atoms with Gasteiger partial charge in [0, 0.05) is 38.5 Å². The Morgan fingerprint density at radius 3 is 1.90 bits per heavy atom. The summed E-state index contributed by atoms with van der Waals surface area (Å²) in [6.07, 6.45) is 2.38. The zero-order valence-corrected chi connectivity index (χ0v) is 39.8. The number of rotatable bonds is 1. The largest absolute Gasteiger partial charge is 0.376 e. The molecule has 0 unspecified atom stereocenters. The molecule has 314 valence electrons. The average molecular weight is 821 g/mol. The van der Waals surface area contributed by atoms with Crippen molar-refractivity contribution in [1.29, 1.82) is 0 Å². The van der Waals surface area contributed by atoms with E-state index in [1.54, 1.807) is 0 Å². The Morgan fingerprint density at radius 2 is 1.17 bits per heavy atom. The zero-order valence-electron chi connectivity index (χ0n) is 39.8. The normalized spacial score (nSPS) is 17.5. The molecule has 0 saturated carbocycles. The Morgan fingerprint density at radius 1 is 0.524 bits per heavy atom. The van der Waals surface area contributed by atoms with Gasteiger partial charge in [-0.05, 0) is 156 Å². The molecule has 3 heteroatoms. The molecule has 7 aromatic carbocycles. The molecule has 0 atom stereocenters. The molecule has 0 spiro atoms. The molecule has 0 radical (unpaired) electrons. The minimum absolute atomic E-state index is 0.0219. The Labute approximate surface area is 375 Å². The van der Waals surface area contributed by atoms with Gasteiger partial charge in [-0.15, -0.1) is 0 Å². The average Bonchev–Trinajstić information content (AvgIpc) is 3.67. The van der Waals surface area contributed by atoms with Crippen LogP contribution in [0, 0.1) is 6.92 Å². The van der Waals surface area contributed by atoms with E-state index < -0.39 is 0 Å². The van der Waals surface area contributed by atoms with Crippen molar-refractivity contribution in [1.82, 2.24) is 4.57 Å². The summed E-state index contributed by atoms with van der Waals surface area (Å²) >= 11 is 0. The highest BCUT2D eigenvalue weighted by atomic mass is 15.1. The lowest BCUT2D eigenvalue weighted by atomic mass is 9.43. The van der Waals surface area contributed by atoms with Gasteiger partial charge in [0.1, 0.15) is 0 Å². The van der Waals surface area contributed by atoms with Crippen LogP contribution in [0.25, 0.3) is 60.5 Å². The van der Waals surface area contributed by atoms with E-state index in [1.807, 2.05) is 0 Å². The molecular formula is C60H61BN2. The van der Waals surface area contributed by atoms with Crippen molar-refractivity contribution >= 4 is 61.7 Å². The fourth-order valence-electron chi connectivity index (χ4n) is 12.6. The highest BCUT2D eigenvalue weighted by Crippen LogP contribution is 2.56. The van der Waals surface area contributed by atoms with Crippen LogP contribution in [0.4, 0.5) is 11.4 Å². The first-order valence-corrected chi connectivity index (χ1v) is 23.6. The van der Waals surface area contributed by atoms with Gasteiger partial charge in [-0.2, -0.15) is 0 Å². The third-order valence-electron chi connectivity index (χ3n) is 16.4. The van der Waals surface area contributed by atoms with Crippen LogP contribution in [0.2, 0.25) is 0 Å². The first-order chi connectivity index (χ1) is 29.7. The summed E-state index contributed by atoms with van der Waals surface area (Å²) < 4.78 is 2.69. The van der Waals surface area contributed by atoms with E-state index in [0.717, 1.165) is 0 Å². The number of benzene rings is 7. The minimum atomic E-state index is -0.137. The van der Waals surface area contributed by atoms with E-state index in [1.165, 1.54) is 135 Å². The Bertz CT molecular complexity index is 3350. The number of nitrogens with zero attached hydrogens (tertiary/aromatic N) is 2. The third-order valence-corrected chi connectivity index (χ3v) is 16.4. The van der Waals surface area contributed by atoms with Crippen LogP contribution in [-0.4, -0.2) is 11.4 Å². The monoisotopic (exact) mass is 820 g/mol. The third kappa shape index (κ3) is 5.14. The molecule has 2 aliphatic carbocycles. The summed E-state index contributed by atoms with van der Waals surface area (Å²) in [6.45, 7) is 31.3. The molecule has 1 aromatic heterocycles. The summed E-state index contributed by atoms with van der Waals surface area (Å²) in [5.74, 6) is 0. The molecule has 4 aliphatic rings. The fourth-order valence-corrected chi connectivity index (χ4v) is 12.6. The van der Waals surface area contributed by atoms with Crippen LogP contribution in [0.15, 0.2) is 109 Å². The molecule has 3 heterocycles. The Balaban J connectivity index is 1.30. The molecule has 2 aliphatic heterocycles. The lowest BCUT2D eigenvalue weighted by Gasteiger charge is -2.46. The van der Waals surface area contributed by atoms with E-state index in [2.05, 4.69) is 209 Å². The Hall–Kier alpha value is -5.54. The Kier molecular flexibility index (Phi) is 7.55. The number of aryl methyl sites for hydroxylation is 1. The summed E-state index contributed by atoms with van der Waals surface area (Å²) in [7, 11) is 0. The van der Waals surface area contributed by atoms with Crippen molar-refractivity contribution < 1.29 is 0 Å². The van der Waals surface area contributed by atoms with Crippen molar-refractivity contribution in [3.8, 4) is 27.9 Å². The van der Waals surface area contributed by atoms with Crippen molar-refractivity contribution in [2.45, 2.75) is 130 Å². The summed E-state index contributed by atoms with van der Waals surface area (Å²) in [6, 6.07) is 43.9. The van der Waals surface area contributed by atoms with Gasteiger partial charge in [0.05, 0.1) is 16.7 Å². The number of aromatic nitrogens is 1. The second kappa shape index (κ2) is 12.2. The van der Waals surface area contributed by atoms with Gasteiger partial charge in [-0.3, -0.25) is 0 Å². The quantitative estimate of drug-likeness (QED) is 0.150. The predicted molar refractivity (Wildman–Crippen MR) is 272 cm³/mol. The van der Waals surface area contributed by atoms with Crippen molar-refractivity contribution in [2.24, 2.45) is 0 Å². The topological polar surface area (TPSA) is 8.17 Å². The van der Waals surface area contributed by atoms with E-state index >= 15 is 0 Å². The molecule has 2 nitrogen and oxygen atoms in total. The van der Waals surface area contributed by atoms with Gasteiger partial charge in [0.2, 0.25) is 0 Å². The van der Waals surface area contributed by atoms with Crippen LogP contribution in [0.5, 0.6) is 0 Å². The molecular weight excluding hydrogens is 759 g/mol. The van der Waals surface area contributed by atoms with Crippen LogP contribution < -0.4 is 15.7 Å². The maximum Gasteiger partial charge on any atom is 0.333 e. The number of fused-ring (bicyclic) bond motifs is 13. The van der Waals surface area contributed by atoms with Gasteiger partial charge in [0.25, 0.3) is 0 Å². The standard InChI is InChI=1S/C60H61BN2/c1-34-26-47-48(59(10,11)25-24-58(47,8)9)33-51(34)63-52-32-46-40(39-20-16-17-21-45(39)60(46,12)13)31-42(52)43-27-35-18-14-15-19-38(35)55-53(43)61(63)49-30-37(57(5,6)7)29-44-41-28-36(56(2,3)4)22-23-50(41)62(55)54(44)49/h14-23,26-33H,24-25H2,1-13H3. The van der Waals surface area contributed by atoms with Crippen LogP contribution >= 0.6 is 0 Å². The smallest absolute Gasteiger partial charge is 0.333 e. The van der Waals surface area contributed by atoms with Crippen molar-refractivity contribution in [3.05, 3.63) is 148 Å². The molecule has 0 bridgehead atoms. The molecule has 63 heavy (non-hydrogen) atoms. The number of anilines is 2. The highest BCUT2D eigenvalue weighted by Gasteiger charge is 2.48. The summed E-state index contributed by atoms with van der Waals surface area (Å²) in [5.41, 5.74) is 24.8. The second-order valence-corrected chi connectivity index (χ2v) is 23.7. The SMILES string of the molecule is Cc1cc2c(cc1N1B3c4c(cc5ccccc5c4-n4c5ccc(C(C)(C)C)cc5c5cc(C(C)(C)C)cc3c54)-c3cc4c(cc31)C(C)(C)c1ccccc1-4)C(C)(C)CCC2(C)C. The predicted octanol–water partition coefficient (Wildman–Crippen LogP) is 14.7. The zero-order chi connectivity index (χ0) is 44.1. The van der Waals surface area contributed by atoms with E-state index in [4.69, 9.17) is 0 Å². The molecule has 0 fully saturated rings. The van der Waals surface area contributed by atoms with Crippen molar-refractivity contribution in [2.75, 3.05) is 4.81 Å². The maximum absolute atomic E-state index is 2.84. The first-order valence-electron chi connectivity index (χ1n) is 23.6. The number of hydrogen-bond acceptors (Lipinski definition) is 1. The van der Waals surface area contributed by atoms with Crippen LogP contribution in [0.3, 0.4) is 0 Å². The summed E-state index contributed by atoms with van der Waals surface area (Å²) in [4.78, 5) is 2.84. The van der Waals surface area contributed by atoms with E-state index in [9.17, 15) is 0 Å². The molecule has 12 rings (SSSR count). The maximum atomic E-state index is 2.84. The fraction of sp³-hybridized carbons (Fsp3) is 0.333. The van der Waals surface area contributed by atoms with Gasteiger partial charge in [0.15, 0.2) is 0 Å². The molecule has 8 aromatic rings. The summed E-state index contributed by atoms with van der Waals surface area (Å²) in [5, 5.41) is 5.31. The molecule has 0 amide bonds. The van der Waals surface area contributed by atoms with Crippen LogP contribution in [-0.2, 0) is 27.1 Å². The molecule has 0 saturated heterocycles. The minimum Gasteiger partial charge on any atom is -0.376 e. The number of hydrogen-bond donors (Lipinski definition) is 0. The highest BCUT2D eigenvalue weighted by molar-refractivity contribution is 6.94. The van der Waals surface area contributed by atoms with E-state index in [-0.39, 0.29) is 33.9 Å². The lowest BCUT2D eigenvalue weighted by molar-refractivity contribution is 0.332. The van der Waals surface area contributed by atoms with E-state index in [0.29, 0.717) is 0 Å². The van der Waals surface area contributed by atoms with Gasteiger partial charge < -0.3 is 9.38 Å². The van der Waals surface area contributed by atoms with Crippen LogP contribution in [0.1, 0.15) is 135 Å². The van der Waals surface area contributed by atoms with Gasteiger partial charge >= 0.3 is 6.85 Å². The van der Waals surface area contributed by atoms with Gasteiger partial charge in [-0.25, -0.2) is 0 Å². The lowest BCUT2D eigenvalue weighted by Crippen LogP contribution is -2.61. The first kappa shape index (κ1) is 39.1. The van der Waals surface area contributed by atoms with Gasteiger partial charge in [-0.1, -0.05) is 150 Å². The molecule has 0 N–H and O–H groups in total. The van der Waals surface area contributed by atoms with Crippen molar-refractivity contribution in [3.63, 3.8) is 0 Å². The second-order valence-electron chi connectivity index (χ2n) is 23.7.